The molecule has 4 aromatic rings. The summed E-state index contributed by atoms with van der Waals surface area (Å²) in [4.78, 5) is 29.0. The van der Waals surface area contributed by atoms with Crippen LogP contribution in [0.2, 0.25) is 0 Å². The van der Waals surface area contributed by atoms with Gasteiger partial charge in [0.2, 0.25) is 11.0 Å². The van der Waals surface area contributed by atoms with E-state index in [1.807, 2.05) is 30.7 Å². The monoisotopic (exact) mass is 423 g/mol. The van der Waals surface area contributed by atoms with Gasteiger partial charge in [-0.25, -0.2) is 4.98 Å². The number of para-hydroxylation sites is 1. The Morgan fingerprint density at radius 1 is 1.17 bits per heavy atom. The molecular formula is C20H21N7O2S. The third kappa shape index (κ3) is 4.43. The number of aromatic nitrogens is 6. The summed E-state index contributed by atoms with van der Waals surface area (Å²) >= 11 is 1.34. The normalized spacial score (nSPS) is 11.1. The Hall–Kier alpha value is -3.40. The molecule has 0 atom stereocenters. The maximum atomic E-state index is 12.5. The van der Waals surface area contributed by atoms with Crippen molar-refractivity contribution in [1.29, 1.82) is 0 Å². The second kappa shape index (κ2) is 8.54. The van der Waals surface area contributed by atoms with Crippen LogP contribution in [0.5, 0.6) is 0 Å². The van der Waals surface area contributed by atoms with Crippen molar-refractivity contribution in [2.45, 2.75) is 39.8 Å². The predicted octanol–water partition coefficient (Wildman–Crippen LogP) is 2.33. The lowest BCUT2D eigenvalue weighted by Crippen LogP contribution is -2.23. The zero-order valence-corrected chi connectivity index (χ0v) is 17.5. The highest BCUT2D eigenvalue weighted by atomic mass is 32.1. The first-order valence-electron chi connectivity index (χ1n) is 9.57. The number of nitrogens with one attached hydrogen (secondary N) is 1. The van der Waals surface area contributed by atoms with Crippen molar-refractivity contribution >= 4 is 33.3 Å². The fourth-order valence-electron chi connectivity index (χ4n) is 3.18. The van der Waals surface area contributed by atoms with Crippen LogP contribution in [0.3, 0.4) is 0 Å². The van der Waals surface area contributed by atoms with Gasteiger partial charge >= 0.3 is 0 Å². The predicted molar refractivity (Wildman–Crippen MR) is 115 cm³/mol. The molecule has 0 fully saturated rings. The Morgan fingerprint density at radius 2 is 2.00 bits per heavy atom. The molecule has 0 saturated heterocycles. The molecule has 0 spiro atoms. The minimum Gasteiger partial charge on any atom is -0.300 e. The summed E-state index contributed by atoms with van der Waals surface area (Å²) in [6, 6.07) is 9.18. The molecule has 0 bridgehead atoms. The first-order chi connectivity index (χ1) is 14.5. The van der Waals surface area contributed by atoms with Crippen molar-refractivity contribution in [3.8, 4) is 0 Å². The van der Waals surface area contributed by atoms with E-state index in [0.717, 1.165) is 16.4 Å². The van der Waals surface area contributed by atoms with Crippen LogP contribution in [0, 0.1) is 13.8 Å². The molecule has 3 aromatic heterocycles. The fourth-order valence-corrected chi connectivity index (χ4v) is 3.92. The van der Waals surface area contributed by atoms with Crippen molar-refractivity contribution in [3.05, 3.63) is 63.4 Å². The van der Waals surface area contributed by atoms with Gasteiger partial charge < -0.3 is 5.32 Å². The van der Waals surface area contributed by atoms with Crippen molar-refractivity contribution < 1.29 is 4.79 Å². The Bertz CT molecular complexity index is 1260. The van der Waals surface area contributed by atoms with Crippen molar-refractivity contribution in [2.75, 3.05) is 5.32 Å². The van der Waals surface area contributed by atoms with Crippen molar-refractivity contribution in [1.82, 2.24) is 29.5 Å². The van der Waals surface area contributed by atoms with Gasteiger partial charge in [0.1, 0.15) is 5.01 Å². The molecule has 0 radical (unpaired) electrons. The lowest BCUT2D eigenvalue weighted by atomic mass is 10.2. The largest absolute Gasteiger partial charge is 0.300 e. The topological polar surface area (TPSA) is 108 Å². The molecule has 154 valence electrons. The number of nitrogens with zero attached hydrogens (tertiary/aromatic N) is 6. The number of amides is 1. The molecule has 4 rings (SSSR count). The van der Waals surface area contributed by atoms with Crippen LogP contribution in [-0.4, -0.2) is 35.4 Å². The standard InChI is InChI=1S/C20H21N7O2S/c1-13-11-14(2)27(25-13)10-8-18-23-24-20(30-18)22-17(28)7-9-26-12-21-16-6-4-3-5-15(16)19(26)29/h3-6,11-12H,7-10H2,1-2H3,(H,22,24,28). The first kappa shape index (κ1) is 19.9. The Balaban J connectivity index is 1.32. The van der Waals surface area contributed by atoms with E-state index in [-0.39, 0.29) is 24.4 Å². The highest BCUT2D eigenvalue weighted by molar-refractivity contribution is 7.15. The van der Waals surface area contributed by atoms with Crippen LogP contribution in [0.25, 0.3) is 10.9 Å². The summed E-state index contributed by atoms with van der Waals surface area (Å²) in [6.07, 6.45) is 2.30. The highest BCUT2D eigenvalue weighted by Crippen LogP contribution is 2.17. The van der Waals surface area contributed by atoms with Crippen molar-refractivity contribution in [2.24, 2.45) is 0 Å². The van der Waals surface area contributed by atoms with Crippen LogP contribution in [0.1, 0.15) is 22.8 Å². The summed E-state index contributed by atoms with van der Waals surface area (Å²) in [6.45, 7) is 4.93. The van der Waals surface area contributed by atoms with Gasteiger partial charge in [-0.1, -0.05) is 23.5 Å². The number of aryl methyl sites for hydroxylation is 5. The zero-order chi connectivity index (χ0) is 21.1. The summed E-state index contributed by atoms with van der Waals surface area (Å²) < 4.78 is 3.38. The second-order valence-electron chi connectivity index (χ2n) is 6.96. The van der Waals surface area contributed by atoms with Gasteiger partial charge in [-0.3, -0.25) is 18.8 Å². The fraction of sp³-hybridized carbons (Fsp3) is 0.300. The number of carbonyl (C=O) groups is 1. The average Bonchev–Trinajstić information content (AvgIpc) is 3.31. The van der Waals surface area contributed by atoms with Crippen LogP contribution < -0.4 is 10.9 Å². The van der Waals surface area contributed by atoms with Gasteiger partial charge in [-0.2, -0.15) is 5.10 Å². The molecule has 0 aliphatic rings. The lowest BCUT2D eigenvalue weighted by molar-refractivity contribution is -0.116. The number of carbonyl (C=O) groups excluding carboxylic acids is 1. The van der Waals surface area contributed by atoms with E-state index >= 15 is 0 Å². The van der Waals surface area contributed by atoms with E-state index in [1.54, 1.807) is 18.2 Å². The minimum atomic E-state index is -0.226. The summed E-state index contributed by atoms with van der Waals surface area (Å²) in [7, 11) is 0. The number of fused-ring (bicyclic) bond motifs is 1. The van der Waals surface area contributed by atoms with Crippen LogP contribution in [0.15, 0.2) is 41.5 Å². The number of benzene rings is 1. The van der Waals surface area contributed by atoms with Gasteiger partial charge in [-0.15, -0.1) is 10.2 Å². The van der Waals surface area contributed by atoms with Crippen LogP contribution in [-0.2, 0) is 24.3 Å². The SMILES string of the molecule is Cc1cc(C)n(CCc2nnc(NC(=O)CCn3cnc4ccccc4c3=O)s2)n1. The Kier molecular flexibility index (Phi) is 5.66. The molecule has 3 heterocycles. The molecule has 0 unspecified atom stereocenters. The van der Waals surface area contributed by atoms with Crippen molar-refractivity contribution in [3.63, 3.8) is 0 Å². The molecule has 0 aliphatic heterocycles. The Labute approximate surface area is 176 Å². The number of anilines is 1. The molecular weight excluding hydrogens is 402 g/mol. The molecule has 1 aromatic carbocycles. The summed E-state index contributed by atoms with van der Waals surface area (Å²) in [5.74, 6) is -0.226. The maximum absolute atomic E-state index is 12.5. The molecule has 9 nitrogen and oxygen atoms in total. The van der Waals surface area contributed by atoms with Gasteiger partial charge in [0.15, 0.2) is 0 Å². The van der Waals surface area contributed by atoms with E-state index in [1.165, 1.54) is 22.2 Å². The number of rotatable bonds is 7. The molecule has 30 heavy (non-hydrogen) atoms. The second-order valence-corrected chi connectivity index (χ2v) is 8.02. The van der Waals surface area contributed by atoms with Gasteiger partial charge in [-0.05, 0) is 32.0 Å². The summed E-state index contributed by atoms with van der Waals surface area (Å²) in [5.41, 5.74) is 2.57. The maximum Gasteiger partial charge on any atom is 0.261 e. The van der Waals surface area contributed by atoms with E-state index in [4.69, 9.17) is 0 Å². The molecule has 0 saturated carbocycles. The van der Waals surface area contributed by atoms with E-state index in [2.05, 4.69) is 25.6 Å². The minimum absolute atomic E-state index is 0.139. The van der Waals surface area contributed by atoms with Gasteiger partial charge in [0, 0.05) is 31.6 Å². The van der Waals surface area contributed by atoms with Gasteiger partial charge in [0.05, 0.1) is 22.9 Å². The van der Waals surface area contributed by atoms with Gasteiger partial charge in [0.25, 0.3) is 5.56 Å². The Morgan fingerprint density at radius 3 is 2.80 bits per heavy atom. The number of hydrogen-bond donors (Lipinski definition) is 1. The number of hydrogen-bond acceptors (Lipinski definition) is 7. The molecule has 1 N–H and O–H groups in total. The van der Waals surface area contributed by atoms with E-state index in [9.17, 15) is 9.59 Å². The smallest absolute Gasteiger partial charge is 0.261 e. The third-order valence-corrected chi connectivity index (χ3v) is 5.56. The lowest BCUT2D eigenvalue weighted by Gasteiger charge is -2.06. The first-order valence-corrected chi connectivity index (χ1v) is 10.4. The van der Waals surface area contributed by atoms with E-state index in [0.29, 0.717) is 29.0 Å². The van der Waals surface area contributed by atoms with Crippen LogP contribution in [0.4, 0.5) is 5.13 Å². The molecule has 1 amide bonds. The molecule has 10 heteroatoms. The summed E-state index contributed by atoms with van der Waals surface area (Å²) in [5, 5.41) is 17.2. The molecule has 0 aliphatic carbocycles. The van der Waals surface area contributed by atoms with Crippen LogP contribution >= 0.6 is 11.3 Å². The quantitative estimate of drug-likeness (QED) is 0.489. The third-order valence-electron chi connectivity index (χ3n) is 4.67. The zero-order valence-electron chi connectivity index (χ0n) is 16.7. The highest BCUT2D eigenvalue weighted by Gasteiger charge is 2.11. The van der Waals surface area contributed by atoms with E-state index < -0.39 is 0 Å². The average molecular weight is 424 g/mol.